The number of hydrogen-bond donors (Lipinski definition) is 2. The summed E-state index contributed by atoms with van der Waals surface area (Å²) in [5, 5.41) is 13.9. The van der Waals surface area contributed by atoms with Gasteiger partial charge in [0.25, 0.3) is 0 Å². The molecule has 0 spiro atoms. The van der Waals surface area contributed by atoms with E-state index in [2.05, 4.69) is 24.0 Å². The first-order valence-corrected chi connectivity index (χ1v) is 12.3. The van der Waals surface area contributed by atoms with Crippen molar-refractivity contribution in [2.45, 2.75) is 57.5 Å². The Morgan fingerprint density at radius 2 is 1.61 bits per heavy atom. The molecule has 0 aliphatic heterocycles. The summed E-state index contributed by atoms with van der Waals surface area (Å²) >= 11 is 6.41. The highest BCUT2D eigenvalue weighted by atomic mass is 35.5. The minimum absolute atomic E-state index is 0.312. The van der Waals surface area contributed by atoms with Gasteiger partial charge >= 0.3 is 0 Å². The second-order valence-corrected chi connectivity index (χ2v) is 9.28. The molecule has 0 radical (unpaired) electrons. The number of H-pyrrole nitrogens is 1. The number of fused-ring (bicyclic) bond motifs is 1. The fraction of sp³-hybridized carbons (Fsp3) is 0.310. The second-order valence-electron chi connectivity index (χ2n) is 8.85. The van der Waals surface area contributed by atoms with Crippen LogP contribution in [0.4, 0.5) is 4.39 Å². The maximum Gasteiger partial charge on any atom is 0.123 e. The summed E-state index contributed by atoms with van der Waals surface area (Å²) in [6.07, 6.45) is 7.31. The number of aromatic nitrogens is 1. The van der Waals surface area contributed by atoms with E-state index in [-0.39, 0.29) is 5.82 Å². The summed E-state index contributed by atoms with van der Waals surface area (Å²) in [6, 6.07) is 22.0. The van der Waals surface area contributed by atoms with Crippen LogP contribution in [-0.4, -0.2) is 10.1 Å². The molecule has 0 bridgehead atoms. The van der Waals surface area contributed by atoms with Crippen LogP contribution in [0.25, 0.3) is 22.2 Å². The number of aromatic amines is 1. The third-order valence-corrected chi connectivity index (χ3v) is 6.70. The van der Waals surface area contributed by atoms with Crippen molar-refractivity contribution in [3.05, 3.63) is 94.8 Å². The fourth-order valence-electron chi connectivity index (χ4n) is 4.64. The molecule has 4 heteroatoms. The van der Waals surface area contributed by atoms with Crippen LogP contribution in [-0.2, 0) is 5.60 Å². The monoisotopic (exact) mass is 463 g/mol. The number of nitrogens with one attached hydrogen (secondary N) is 1. The Balaban J connectivity index is 1.75. The molecule has 2 N–H and O–H groups in total. The Bertz CT molecular complexity index is 1170. The molecule has 0 aliphatic rings. The van der Waals surface area contributed by atoms with Gasteiger partial charge in [-0.05, 0) is 60.4 Å². The molecule has 0 saturated heterocycles. The Hall–Kier alpha value is -2.62. The van der Waals surface area contributed by atoms with E-state index >= 15 is 0 Å². The van der Waals surface area contributed by atoms with Crippen molar-refractivity contribution in [1.82, 2.24) is 4.98 Å². The minimum Gasteiger partial charge on any atom is -0.380 e. The van der Waals surface area contributed by atoms with Gasteiger partial charge in [0.2, 0.25) is 0 Å². The standard InChI is InChI=1S/C29H31ClFNO/c1-2-3-4-5-6-9-18-29(33,22-12-15-24(31)16-13-22)26-17-14-23(30)20-25(26)28-19-21-10-7-8-11-27(21)32-28/h7-8,10-17,19-20,32-33H,2-6,9,18H2,1H3. The van der Waals surface area contributed by atoms with Crippen LogP contribution in [0.3, 0.4) is 0 Å². The van der Waals surface area contributed by atoms with E-state index in [1.54, 1.807) is 12.1 Å². The zero-order valence-corrected chi connectivity index (χ0v) is 19.8. The number of para-hydroxylation sites is 1. The van der Waals surface area contributed by atoms with E-state index in [1.807, 2.05) is 36.4 Å². The third-order valence-electron chi connectivity index (χ3n) is 6.46. The predicted octanol–water partition coefficient (Wildman–Crippen LogP) is 8.61. The molecular formula is C29H31ClFNO. The lowest BCUT2D eigenvalue weighted by atomic mass is 9.79. The highest BCUT2D eigenvalue weighted by molar-refractivity contribution is 6.30. The lowest BCUT2D eigenvalue weighted by molar-refractivity contribution is 0.0683. The lowest BCUT2D eigenvalue weighted by Gasteiger charge is -2.31. The van der Waals surface area contributed by atoms with E-state index in [0.717, 1.165) is 47.0 Å². The van der Waals surface area contributed by atoms with Crippen molar-refractivity contribution < 1.29 is 9.50 Å². The number of aliphatic hydroxyl groups is 1. The molecule has 1 heterocycles. The van der Waals surface area contributed by atoms with Gasteiger partial charge in [-0.25, -0.2) is 4.39 Å². The molecule has 0 aliphatic carbocycles. The van der Waals surface area contributed by atoms with Crippen LogP contribution in [0.2, 0.25) is 5.02 Å². The van der Waals surface area contributed by atoms with Crippen molar-refractivity contribution in [3.63, 3.8) is 0 Å². The maximum absolute atomic E-state index is 13.7. The molecule has 4 rings (SSSR count). The van der Waals surface area contributed by atoms with Gasteiger partial charge in [0, 0.05) is 27.2 Å². The smallest absolute Gasteiger partial charge is 0.123 e. The average molecular weight is 464 g/mol. The second kappa shape index (κ2) is 10.5. The summed E-state index contributed by atoms with van der Waals surface area (Å²) < 4.78 is 13.7. The zero-order chi connectivity index (χ0) is 23.3. The number of benzene rings is 3. The number of halogens is 2. The summed E-state index contributed by atoms with van der Waals surface area (Å²) in [6.45, 7) is 2.21. The quantitative estimate of drug-likeness (QED) is 0.227. The minimum atomic E-state index is -1.25. The summed E-state index contributed by atoms with van der Waals surface area (Å²) in [5.41, 5.74) is 3.00. The van der Waals surface area contributed by atoms with Crippen molar-refractivity contribution in [2.75, 3.05) is 0 Å². The normalized spacial score (nSPS) is 13.3. The van der Waals surface area contributed by atoms with E-state index in [9.17, 15) is 9.50 Å². The fourth-order valence-corrected chi connectivity index (χ4v) is 4.81. The van der Waals surface area contributed by atoms with Gasteiger partial charge in [-0.3, -0.25) is 0 Å². The van der Waals surface area contributed by atoms with Crippen molar-refractivity contribution in [3.8, 4) is 11.3 Å². The molecule has 2 nitrogen and oxygen atoms in total. The SMILES string of the molecule is CCCCCCCCC(O)(c1ccc(F)cc1)c1ccc(Cl)cc1-c1cc2ccccc2[nH]1. The molecule has 3 aromatic carbocycles. The van der Waals surface area contributed by atoms with Gasteiger partial charge in [-0.2, -0.15) is 0 Å². The van der Waals surface area contributed by atoms with Gasteiger partial charge in [0.1, 0.15) is 11.4 Å². The first-order chi connectivity index (χ1) is 16.0. The lowest BCUT2D eigenvalue weighted by Crippen LogP contribution is -2.28. The number of unbranched alkanes of at least 4 members (excludes halogenated alkanes) is 5. The molecule has 1 aromatic heterocycles. The predicted molar refractivity (Wildman–Crippen MR) is 136 cm³/mol. The molecule has 4 aromatic rings. The summed E-state index contributed by atoms with van der Waals surface area (Å²) in [7, 11) is 0. The van der Waals surface area contributed by atoms with Gasteiger partial charge in [0.05, 0.1) is 0 Å². The average Bonchev–Trinajstić information content (AvgIpc) is 3.26. The van der Waals surface area contributed by atoms with Crippen molar-refractivity contribution in [1.29, 1.82) is 0 Å². The van der Waals surface area contributed by atoms with Gasteiger partial charge in [-0.1, -0.05) is 87.0 Å². The molecule has 0 fully saturated rings. The van der Waals surface area contributed by atoms with E-state index in [4.69, 9.17) is 11.6 Å². The number of rotatable bonds is 10. The molecule has 0 saturated carbocycles. The third kappa shape index (κ3) is 5.31. The maximum atomic E-state index is 13.7. The largest absolute Gasteiger partial charge is 0.380 e. The first kappa shape index (κ1) is 23.5. The number of hydrogen-bond acceptors (Lipinski definition) is 1. The van der Waals surface area contributed by atoms with Crippen LogP contribution in [0.15, 0.2) is 72.8 Å². The van der Waals surface area contributed by atoms with E-state index in [1.165, 1.54) is 31.4 Å². The van der Waals surface area contributed by atoms with Crippen LogP contribution in [0.1, 0.15) is 63.0 Å². The molecule has 1 atom stereocenters. The molecule has 33 heavy (non-hydrogen) atoms. The van der Waals surface area contributed by atoms with Gasteiger partial charge in [-0.15, -0.1) is 0 Å². The Morgan fingerprint density at radius 1 is 0.879 bits per heavy atom. The molecule has 1 unspecified atom stereocenters. The summed E-state index contributed by atoms with van der Waals surface area (Å²) in [5.74, 6) is -0.312. The highest BCUT2D eigenvalue weighted by Crippen LogP contribution is 2.41. The Morgan fingerprint density at radius 3 is 2.36 bits per heavy atom. The van der Waals surface area contributed by atoms with Gasteiger partial charge in [0.15, 0.2) is 0 Å². The van der Waals surface area contributed by atoms with Crippen molar-refractivity contribution in [2.24, 2.45) is 0 Å². The van der Waals surface area contributed by atoms with Crippen molar-refractivity contribution >= 4 is 22.5 Å². The van der Waals surface area contributed by atoms with Crippen LogP contribution >= 0.6 is 11.6 Å². The highest BCUT2D eigenvalue weighted by Gasteiger charge is 2.34. The first-order valence-electron chi connectivity index (χ1n) is 11.9. The molecular weight excluding hydrogens is 433 g/mol. The molecule has 0 amide bonds. The van der Waals surface area contributed by atoms with E-state index in [0.29, 0.717) is 17.0 Å². The topological polar surface area (TPSA) is 36.0 Å². The van der Waals surface area contributed by atoms with Gasteiger partial charge < -0.3 is 10.1 Å². The summed E-state index contributed by atoms with van der Waals surface area (Å²) in [4.78, 5) is 3.47. The Labute approximate surface area is 200 Å². The van der Waals surface area contributed by atoms with Crippen LogP contribution < -0.4 is 0 Å². The Kier molecular flexibility index (Phi) is 7.52. The van der Waals surface area contributed by atoms with Crippen LogP contribution in [0.5, 0.6) is 0 Å². The zero-order valence-electron chi connectivity index (χ0n) is 19.1. The van der Waals surface area contributed by atoms with Crippen LogP contribution in [0, 0.1) is 5.82 Å². The molecule has 172 valence electrons. The van der Waals surface area contributed by atoms with E-state index < -0.39 is 5.60 Å².